The molecule has 2 unspecified atom stereocenters. The largest absolute Gasteiger partial charge is 0.338 e. The Kier molecular flexibility index (Phi) is 8.28. The number of thiophene rings is 1. The van der Waals surface area contributed by atoms with E-state index in [1.165, 1.54) is 29.0 Å². The summed E-state index contributed by atoms with van der Waals surface area (Å²) in [6, 6.07) is 20.2. The van der Waals surface area contributed by atoms with Crippen LogP contribution in [0.25, 0.3) is 0 Å². The van der Waals surface area contributed by atoms with Crippen molar-refractivity contribution in [2.75, 3.05) is 39.3 Å². The summed E-state index contributed by atoms with van der Waals surface area (Å²) in [4.78, 5) is 33.9. The van der Waals surface area contributed by atoms with E-state index in [9.17, 15) is 14.0 Å². The normalized spacial score (nSPS) is 19.9. The fraction of sp³-hybridized carbons (Fsp3) is 0.379. The number of likely N-dealkylation sites (tertiary alicyclic amines) is 1. The fourth-order valence-corrected chi connectivity index (χ4v) is 5.99. The number of piperazine rings is 1. The van der Waals surface area contributed by atoms with Crippen molar-refractivity contribution in [3.8, 4) is 0 Å². The maximum Gasteiger partial charge on any atom is 0.264 e. The lowest BCUT2D eigenvalue weighted by molar-refractivity contribution is -0.135. The SMILES string of the molecule is O=C(C1CC(N(CCc2ccccc2)Cc2ccc(F)cc2)CN1C(=O)c1cccs1)N1CCNCC1. The smallest absolute Gasteiger partial charge is 0.264 e. The number of nitrogens with one attached hydrogen (secondary N) is 1. The molecule has 0 aliphatic carbocycles. The molecule has 2 aliphatic rings. The minimum Gasteiger partial charge on any atom is -0.338 e. The molecular weight excluding hydrogens is 487 g/mol. The summed E-state index contributed by atoms with van der Waals surface area (Å²) < 4.78 is 13.6. The molecule has 3 heterocycles. The van der Waals surface area contributed by atoms with Gasteiger partial charge in [0.05, 0.1) is 4.88 Å². The van der Waals surface area contributed by atoms with Crippen LogP contribution in [-0.4, -0.2) is 77.9 Å². The molecule has 0 bridgehead atoms. The van der Waals surface area contributed by atoms with E-state index < -0.39 is 6.04 Å². The number of benzene rings is 2. The van der Waals surface area contributed by atoms with Crippen molar-refractivity contribution >= 4 is 23.2 Å². The molecule has 0 radical (unpaired) electrons. The molecule has 2 atom stereocenters. The molecule has 1 N–H and O–H groups in total. The van der Waals surface area contributed by atoms with Crippen molar-refractivity contribution in [3.05, 3.63) is 93.9 Å². The fourth-order valence-electron chi connectivity index (χ4n) is 5.31. The summed E-state index contributed by atoms with van der Waals surface area (Å²) in [6.45, 7) is 4.77. The topological polar surface area (TPSA) is 55.9 Å². The van der Waals surface area contributed by atoms with Crippen LogP contribution >= 0.6 is 11.3 Å². The van der Waals surface area contributed by atoms with Crippen LogP contribution in [0.3, 0.4) is 0 Å². The minimum atomic E-state index is -0.481. The maximum atomic E-state index is 13.7. The number of hydrogen-bond donors (Lipinski definition) is 1. The van der Waals surface area contributed by atoms with Crippen LogP contribution in [-0.2, 0) is 17.8 Å². The monoisotopic (exact) mass is 520 g/mol. The van der Waals surface area contributed by atoms with E-state index in [0.717, 1.165) is 31.6 Å². The summed E-state index contributed by atoms with van der Waals surface area (Å²) in [7, 11) is 0. The molecule has 3 aromatic rings. The van der Waals surface area contributed by atoms with Crippen molar-refractivity contribution in [1.82, 2.24) is 20.0 Å². The van der Waals surface area contributed by atoms with Gasteiger partial charge in [-0.05, 0) is 47.5 Å². The molecule has 5 rings (SSSR count). The average molecular weight is 521 g/mol. The Hall–Kier alpha value is -3.07. The predicted octanol–water partition coefficient (Wildman–Crippen LogP) is 3.65. The molecule has 1 aromatic heterocycles. The van der Waals surface area contributed by atoms with Crippen LogP contribution in [0.4, 0.5) is 4.39 Å². The van der Waals surface area contributed by atoms with Gasteiger partial charge in [-0.15, -0.1) is 11.3 Å². The van der Waals surface area contributed by atoms with E-state index in [1.54, 1.807) is 4.90 Å². The van der Waals surface area contributed by atoms with Gasteiger partial charge in [-0.25, -0.2) is 4.39 Å². The Balaban J connectivity index is 1.39. The molecule has 6 nitrogen and oxygen atoms in total. The summed E-state index contributed by atoms with van der Waals surface area (Å²) in [5, 5.41) is 5.20. The van der Waals surface area contributed by atoms with E-state index >= 15 is 0 Å². The number of halogens is 1. The Labute approximate surface area is 221 Å². The molecular formula is C29H33FN4O2S. The number of nitrogens with zero attached hydrogens (tertiary/aromatic N) is 3. The summed E-state index contributed by atoms with van der Waals surface area (Å²) in [6.07, 6.45) is 1.45. The van der Waals surface area contributed by atoms with Crippen LogP contribution in [0, 0.1) is 5.82 Å². The Bertz CT molecular complexity index is 1170. The highest BCUT2D eigenvalue weighted by Crippen LogP contribution is 2.28. The first kappa shape index (κ1) is 25.6. The van der Waals surface area contributed by atoms with Gasteiger partial charge < -0.3 is 15.1 Å². The van der Waals surface area contributed by atoms with Gasteiger partial charge in [0.15, 0.2) is 0 Å². The van der Waals surface area contributed by atoms with Crippen LogP contribution < -0.4 is 5.32 Å². The third kappa shape index (κ3) is 6.26. The molecule has 2 aromatic carbocycles. The van der Waals surface area contributed by atoms with Crippen molar-refractivity contribution in [1.29, 1.82) is 0 Å². The molecule has 194 valence electrons. The molecule has 0 saturated carbocycles. The van der Waals surface area contributed by atoms with E-state index in [2.05, 4.69) is 22.3 Å². The predicted molar refractivity (Wildman–Crippen MR) is 144 cm³/mol. The second-order valence-electron chi connectivity index (χ2n) is 9.75. The third-order valence-corrected chi connectivity index (χ3v) is 8.19. The quantitative estimate of drug-likeness (QED) is 0.493. The lowest BCUT2D eigenvalue weighted by Crippen LogP contribution is -2.53. The zero-order valence-electron chi connectivity index (χ0n) is 20.9. The Morgan fingerprint density at radius 3 is 2.43 bits per heavy atom. The zero-order chi connectivity index (χ0) is 25.6. The van der Waals surface area contributed by atoms with Gasteiger partial charge in [0.2, 0.25) is 5.91 Å². The highest BCUT2D eigenvalue weighted by Gasteiger charge is 2.43. The van der Waals surface area contributed by atoms with Crippen molar-refractivity contribution < 1.29 is 14.0 Å². The molecule has 2 aliphatic heterocycles. The maximum absolute atomic E-state index is 13.7. The highest BCUT2D eigenvalue weighted by atomic mass is 32.1. The molecule has 8 heteroatoms. The van der Waals surface area contributed by atoms with Gasteiger partial charge in [-0.2, -0.15) is 0 Å². The minimum absolute atomic E-state index is 0.0227. The molecule has 2 amide bonds. The van der Waals surface area contributed by atoms with E-state index in [1.807, 2.05) is 52.7 Å². The molecule has 2 fully saturated rings. The molecule has 37 heavy (non-hydrogen) atoms. The number of rotatable bonds is 8. The number of amides is 2. The van der Waals surface area contributed by atoms with Crippen LogP contribution in [0.2, 0.25) is 0 Å². The van der Waals surface area contributed by atoms with E-state index in [4.69, 9.17) is 0 Å². The third-order valence-electron chi connectivity index (χ3n) is 7.33. The van der Waals surface area contributed by atoms with Crippen molar-refractivity contribution in [3.63, 3.8) is 0 Å². The van der Waals surface area contributed by atoms with Crippen LogP contribution in [0.15, 0.2) is 72.1 Å². The summed E-state index contributed by atoms with van der Waals surface area (Å²) in [5.74, 6) is -0.288. The Morgan fingerprint density at radius 1 is 0.973 bits per heavy atom. The second kappa shape index (κ2) is 12.0. The van der Waals surface area contributed by atoms with Gasteiger partial charge in [0, 0.05) is 51.9 Å². The van der Waals surface area contributed by atoms with E-state index in [-0.39, 0.29) is 23.7 Å². The summed E-state index contributed by atoms with van der Waals surface area (Å²) >= 11 is 1.41. The number of hydrogen-bond acceptors (Lipinski definition) is 5. The van der Waals surface area contributed by atoms with Gasteiger partial charge in [-0.3, -0.25) is 14.5 Å². The average Bonchev–Trinajstić information content (AvgIpc) is 3.64. The lowest BCUT2D eigenvalue weighted by atomic mass is 10.1. The van der Waals surface area contributed by atoms with Gasteiger partial charge >= 0.3 is 0 Å². The first-order chi connectivity index (χ1) is 18.1. The van der Waals surface area contributed by atoms with Gasteiger partial charge in [-0.1, -0.05) is 48.5 Å². The lowest BCUT2D eigenvalue weighted by Gasteiger charge is -2.32. The first-order valence-electron chi connectivity index (χ1n) is 12.9. The van der Waals surface area contributed by atoms with Gasteiger partial charge in [0.25, 0.3) is 5.91 Å². The number of carbonyl (C=O) groups is 2. The Morgan fingerprint density at radius 2 is 1.73 bits per heavy atom. The van der Waals surface area contributed by atoms with Crippen LogP contribution in [0.1, 0.15) is 27.2 Å². The first-order valence-corrected chi connectivity index (χ1v) is 13.8. The zero-order valence-corrected chi connectivity index (χ0v) is 21.7. The van der Waals surface area contributed by atoms with Crippen molar-refractivity contribution in [2.24, 2.45) is 0 Å². The van der Waals surface area contributed by atoms with Crippen LogP contribution in [0.5, 0.6) is 0 Å². The number of carbonyl (C=O) groups excluding carboxylic acids is 2. The molecule has 2 saturated heterocycles. The molecule has 0 spiro atoms. The summed E-state index contributed by atoms with van der Waals surface area (Å²) in [5.41, 5.74) is 2.26. The standard InChI is InChI=1S/C29H33FN4O2S/c30-24-10-8-23(9-11-24)20-33(15-12-22-5-2-1-3-6-22)25-19-26(28(35)32-16-13-31-14-17-32)34(21-25)29(36)27-7-4-18-37-27/h1-11,18,25-26,31H,12-17,19-21H2. The second-order valence-corrected chi connectivity index (χ2v) is 10.7. The van der Waals surface area contributed by atoms with Crippen molar-refractivity contribution in [2.45, 2.75) is 31.5 Å². The highest BCUT2D eigenvalue weighted by molar-refractivity contribution is 7.12. The van der Waals surface area contributed by atoms with Gasteiger partial charge in [0.1, 0.15) is 11.9 Å². The van der Waals surface area contributed by atoms with E-state index in [0.29, 0.717) is 37.5 Å².